The lowest BCUT2D eigenvalue weighted by atomic mass is 9.84. The first-order chi connectivity index (χ1) is 22.2. The summed E-state index contributed by atoms with van der Waals surface area (Å²) in [6, 6.07) is 22.0. The van der Waals surface area contributed by atoms with Gasteiger partial charge in [0.25, 0.3) is 0 Å². The predicted octanol–water partition coefficient (Wildman–Crippen LogP) is 4.89. The summed E-state index contributed by atoms with van der Waals surface area (Å²) in [5.41, 5.74) is -0.688. The number of aromatic nitrogens is 5. The van der Waals surface area contributed by atoms with Crippen molar-refractivity contribution in [3.8, 4) is 17.2 Å². The summed E-state index contributed by atoms with van der Waals surface area (Å²) in [5.74, 6) is -6.46. The molecule has 5 aromatic rings. The van der Waals surface area contributed by atoms with E-state index in [-0.39, 0.29) is 0 Å². The van der Waals surface area contributed by atoms with Crippen LogP contribution >= 0.6 is 0 Å². The lowest BCUT2D eigenvalue weighted by molar-refractivity contribution is -0.207. The zero-order chi connectivity index (χ0) is 32.3. The molecule has 1 unspecified atom stereocenters. The Morgan fingerprint density at radius 3 is 2.20 bits per heavy atom. The van der Waals surface area contributed by atoms with E-state index in [1.54, 1.807) is 0 Å². The summed E-state index contributed by atoms with van der Waals surface area (Å²) >= 11 is 0. The van der Waals surface area contributed by atoms with Gasteiger partial charge in [-0.3, -0.25) is 9.88 Å². The van der Waals surface area contributed by atoms with Crippen LogP contribution in [0.1, 0.15) is 22.4 Å². The highest BCUT2D eigenvalue weighted by molar-refractivity contribution is 5.63. The van der Waals surface area contributed by atoms with E-state index in [1.165, 1.54) is 12.3 Å². The number of tetrazole rings is 1. The van der Waals surface area contributed by atoms with Crippen molar-refractivity contribution in [2.45, 2.75) is 24.6 Å². The van der Waals surface area contributed by atoms with Gasteiger partial charge < -0.3 is 10.0 Å². The van der Waals surface area contributed by atoms with Gasteiger partial charge in [0.1, 0.15) is 23.7 Å². The molecule has 46 heavy (non-hydrogen) atoms. The molecule has 1 fully saturated rings. The number of nitrogens with zero attached hydrogens (tertiary/aromatic N) is 8. The maximum atomic E-state index is 16.0. The number of alkyl halides is 2. The van der Waals surface area contributed by atoms with E-state index in [4.69, 9.17) is 5.26 Å². The summed E-state index contributed by atoms with van der Waals surface area (Å²) < 4.78 is 61.3. The van der Waals surface area contributed by atoms with Crippen molar-refractivity contribution in [2.75, 3.05) is 31.1 Å². The van der Waals surface area contributed by atoms with Crippen LogP contribution < -0.4 is 4.90 Å². The third-order valence-corrected chi connectivity index (χ3v) is 8.19. The fourth-order valence-electron chi connectivity index (χ4n) is 5.60. The van der Waals surface area contributed by atoms with Crippen molar-refractivity contribution < 1.29 is 22.7 Å². The van der Waals surface area contributed by atoms with Gasteiger partial charge in [-0.15, -0.1) is 5.10 Å². The Morgan fingerprint density at radius 2 is 1.59 bits per heavy atom. The second-order valence-corrected chi connectivity index (χ2v) is 11.1. The number of hydrogen-bond acceptors (Lipinski definition) is 8. The molecule has 1 aliphatic rings. The van der Waals surface area contributed by atoms with E-state index in [0.717, 1.165) is 78.7 Å². The molecule has 1 N–H and O–H groups in total. The molecule has 1 saturated heterocycles. The van der Waals surface area contributed by atoms with E-state index in [0.29, 0.717) is 17.2 Å². The van der Waals surface area contributed by atoms with Crippen LogP contribution in [0.5, 0.6) is 0 Å². The van der Waals surface area contributed by atoms with Crippen molar-refractivity contribution in [3.63, 3.8) is 0 Å². The number of nitriles is 1. The second kappa shape index (κ2) is 12.7. The van der Waals surface area contributed by atoms with E-state index in [1.807, 2.05) is 48.5 Å². The standard InChI is InChI=1S/C33H28F4N8O/c34-27-8-11-29(30(35)17-27)32(46,21-45-22-40-41-42-45)33(36,37)31-12-7-26(19-39-31)25-5-1-24(2-6-25)20-43-13-15-44(16-14-43)28-9-3-23(18-38)4-10-28/h1-12,17,19,22,46H,13-16,20-21H2. The van der Waals surface area contributed by atoms with Gasteiger partial charge in [0.05, 0.1) is 18.2 Å². The second-order valence-electron chi connectivity index (χ2n) is 11.1. The molecule has 0 spiro atoms. The number of pyridine rings is 1. The molecule has 0 bridgehead atoms. The summed E-state index contributed by atoms with van der Waals surface area (Å²) in [7, 11) is 0. The van der Waals surface area contributed by atoms with Gasteiger partial charge in [-0.05, 0) is 64.0 Å². The molecule has 6 rings (SSSR count). The van der Waals surface area contributed by atoms with Gasteiger partial charge in [0.15, 0.2) is 5.60 Å². The van der Waals surface area contributed by atoms with Crippen LogP contribution in [0.4, 0.5) is 23.2 Å². The average molecular weight is 629 g/mol. The van der Waals surface area contributed by atoms with Crippen LogP contribution in [-0.4, -0.2) is 61.4 Å². The van der Waals surface area contributed by atoms with Gasteiger partial charge >= 0.3 is 5.92 Å². The van der Waals surface area contributed by atoms with Crippen molar-refractivity contribution >= 4 is 5.69 Å². The number of rotatable bonds is 9. The number of hydrogen-bond donors (Lipinski definition) is 1. The van der Waals surface area contributed by atoms with Crippen LogP contribution in [0.25, 0.3) is 11.1 Å². The monoisotopic (exact) mass is 628 g/mol. The molecule has 9 nitrogen and oxygen atoms in total. The summed E-state index contributed by atoms with van der Waals surface area (Å²) in [6.07, 6.45) is 2.26. The molecule has 3 aromatic carbocycles. The normalized spacial score (nSPS) is 15.3. The zero-order valence-corrected chi connectivity index (χ0v) is 24.4. The highest BCUT2D eigenvalue weighted by Crippen LogP contribution is 2.46. The van der Waals surface area contributed by atoms with Crippen molar-refractivity contribution in [1.82, 2.24) is 30.1 Å². The third kappa shape index (κ3) is 6.17. The molecule has 2 aromatic heterocycles. The van der Waals surface area contributed by atoms with E-state index in [9.17, 15) is 13.9 Å². The lowest BCUT2D eigenvalue weighted by Gasteiger charge is -2.36. The molecular weight excluding hydrogens is 600 g/mol. The van der Waals surface area contributed by atoms with Gasteiger partial charge in [0, 0.05) is 61.8 Å². The third-order valence-electron chi connectivity index (χ3n) is 8.19. The molecule has 0 saturated carbocycles. The average Bonchev–Trinajstić information content (AvgIpc) is 3.58. The van der Waals surface area contributed by atoms with Gasteiger partial charge in [-0.1, -0.05) is 30.3 Å². The number of halogens is 4. The highest BCUT2D eigenvalue weighted by Gasteiger charge is 2.58. The maximum absolute atomic E-state index is 16.0. The first-order valence-corrected chi connectivity index (χ1v) is 14.5. The van der Waals surface area contributed by atoms with Crippen molar-refractivity contribution in [2.24, 2.45) is 0 Å². The van der Waals surface area contributed by atoms with Gasteiger partial charge in [-0.25, -0.2) is 13.5 Å². The molecule has 3 heterocycles. The van der Waals surface area contributed by atoms with Gasteiger partial charge in [0.2, 0.25) is 0 Å². The highest BCUT2D eigenvalue weighted by atomic mass is 19.3. The minimum atomic E-state index is -4.13. The van der Waals surface area contributed by atoms with Crippen molar-refractivity contribution in [3.05, 3.63) is 125 Å². The van der Waals surface area contributed by atoms with Crippen molar-refractivity contribution in [1.29, 1.82) is 5.26 Å². The predicted molar refractivity (Wildman–Crippen MR) is 160 cm³/mol. The van der Waals surface area contributed by atoms with Crippen LogP contribution in [0.15, 0.2) is 91.4 Å². The molecule has 1 atom stereocenters. The van der Waals surface area contributed by atoms with Crippen LogP contribution in [0, 0.1) is 23.0 Å². The first-order valence-electron chi connectivity index (χ1n) is 14.5. The lowest BCUT2D eigenvalue weighted by Crippen LogP contribution is -2.48. The Bertz CT molecular complexity index is 1820. The maximum Gasteiger partial charge on any atom is 0.323 e. The number of aliphatic hydroxyl groups is 1. The molecule has 0 amide bonds. The Kier molecular flexibility index (Phi) is 8.48. The minimum absolute atomic E-state index is 0.424. The Labute approximate surface area is 262 Å². The first kappa shape index (κ1) is 30.8. The topological polar surface area (TPSA) is 107 Å². The van der Waals surface area contributed by atoms with E-state index in [2.05, 4.69) is 36.4 Å². The van der Waals surface area contributed by atoms with Crippen LogP contribution in [-0.2, 0) is 24.6 Å². The molecule has 13 heteroatoms. The molecule has 234 valence electrons. The Morgan fingerprint density at radius 1 is 0.870 bits per heavy atom. The fourth-order valence-corrected chi connectivity index (χ4v) is 5.60. The van der Waals surface area contributed by atoms with E-state index >= 15 is 8.78 Å². The molecule has 0 aliphatic carbocycles. The largest absolute Gasteiger partial charge is 0.377 e. The zero-order valence-electron chi connectivity index (χ0n) is 24.4. The van der Waals surface area contributed by atoms with Crippen LogP contribution in [0.2, 0.25) is 0 Å². The molecular formula is C33H28F4N8O. The quantitative estimate of drug-likeness (QED) is 0.230. The molecule has 1 aliphatic heterocycles. The number of piperazine rings is 1. The SMILES string of the molecule is N#Cc1ccc(N2CCN(Cc3ccc(-c4ccc(C(F)(F)C(O)(Cn5cnnn5)c5ccc(F)cc5F)nc4)cc3)CC2)cc1. The summed E-state index contributed by atoms with van der Waals surface area (Å²) in [5, 5.41) is 30.7. The number of benzene rings is 3. The summed E-state index contributed by atoms with van der Waals surface area (Å²) in [4.78, 5) is 8.61. The Balaban J connectivity index is 1.14. The fraction of sp³-hybridized carbons (Fsp3) is 0.242. The smallest absolute Gasteiger partial charge is 0.323 e. The number of anilines is 1. The minimum Gasteiger partial charge on any atom is -0.377 e. The Hall–Kier alpha value is -5.19. The van der Waals surface area contributed by atoms with Crippen LogP contribution in [0.3, 0.4) is 0 Å². The molecule has 0 radical (unpaired) electrons. The van der Waals surface area contributed by atoms with E-state index < -0.39 is 41.0 Å². The van der Waals surface area contributed by atoms with Gasteiger partial charge in [-0.2, -0.15) is 14.0 Å². The summed E-state index contributed by atoms with van der Waals surface area (Å²) in [6.45, 7) is 3.32.